The molecule has 1 saturated heterocycles. The highest BCUT2D eigenvalue weighted by Gasteiger charge is 2.39. The summed E-state index contributed by atoms with van der Waals surface area (Å²) < 4.78 is 32.8. The number of para-hydroxylation sites is 1. The predicted octanol–water partition coefficient (Wildman–Crippen LogP) is 4.32. The fraction of sp³-hybridized carbons (Fsp3) is 0.409. The van der Waals surface area contributed by atoms with Gasteiger partial charge in [0.25, 0.3) is 5.91 Å². The molecule has 0 aliphatic carbocycles. The third-order valence-electron chi connectivity index (χ3n) is 5.53. The van der Waals surface area contributed by atoms with Crippen LogP contribution in [0.5, 0.6) is 5.75 Å². The van der Waals surface area contributed by atoms with Crippen molar-refractivity contribution in [3.05, 3.63) is 65.2 Å². The molecule has 6 heteroatoms. The normalized spacial score (nSPS) is 16.0. The van der Waals surface area contributed by atoms with Crippen LogP contribution < -0.4 is 10.1 Å². The van der Waals surface area contributed by atoms with Crippen molar-refractivity contribution < 1.29 is 18.3 Å². The van der Waals surface area contributed by atoms with E-state index in [-0.39, 0.29) is 5.91 Å². The minimum absolute atomic E-state index is 0.320. The maximum atomic E-state index is 14.0. The third-order valence-corrected chi connectivity index (χ3v) is 5.53. The number of benzene rings is 2. The SMILES string of the molecule is COc1ccccc1C(=O)NC(c1ccc(F)c(F)c1)C(C)(C)N1CCCC1. The Bertz CT molecular complexity index is 848. The quantitative estimate of drug-likeness (QED) is 0.801. The Morgan fingerprint density at radius 3 is 2.43 bits per heavy atom. The van der Waals surface area contributed by atoms with Gasteiger partial charge in [0.05, 0.1) is 18.7 Å². The lowest BCUT2D eigenvalue weighted by Crippen LogP contribution is -2.52. The van der Waals surface area contributed by atoms with Gasteiger partial charge in [-0.05, 0) is 69.6 Å². The predicted molar refractivity (Wildman–Crippen MR) is 104 cm³/mol. The number of carbonyl (C=O) groups is 1. The van der Waals surface area contributed by atoms with Crippen LogP contribution in [0.2, 0.25) is 0 Å². The number of methoxy groups -OCH3 is 1. The van der Waals surface area contributed by atoms with Gasteiger partial charge in [-0.1, -0.05) is 18.2 Å². The van der Waals surface area contributed by atoms with E-state index in [2.05, 4.69) is 10.2 Å². The second kappa shape index (κ2) is 8.27. The van der Waals surface area contributed by atoms with E-state index in [0.29, 0.717) is 16.9 Å². The molecule has 0 bridgehead atoms. The van der Waals surface area contributed by atoms with E-state index >= 15 is 0 Å². The van der Waals surface area contributed by atoms with Gasteiger partial charge in [0.2, 0.25) is 0 Å². The summed E-state index contributed by atoms with van der Waals surface area (Å²) in [6.07, 6.45) is 2.16. The zero-order chi connectivity index (χ0) is 20.3. The second-order valence-electron chi connectivity index (χ2n) is 7.63. The zero-order valence-corrected chi connectivity index (χ0v) is 16.5. The van der Waals surface area contributed by atoms with Gasteiger partial charge in [-0.3, -0.25) is 9.69 Å². The molecule has 150 valence electrons. The van der Waals surface area contributed by atoms with Gasteiger partial charge in [-0.15, -0.1) is 0 Å². The summed E-state index contributed by atoms with van der Waals surface area (Å²) in [4.78, 5) is 15.3. The standard InChI is InChI=1S/C22H26F2N2O2/c1-22(2,26-12-6-7-13-26)20(15-10-11-17(23)18(24)14-15)25-21(27)16-8-4-5-9-19(16)28-3/h4-5,8-11,14,20H,6-7,12-13H2,1-3H3,(H,25,27). The third kappa shape index (κ3) is 4.02. The van der Waals surface area contributed by atoms with Gasteiger partial charge in [0.15, 0.2) is 11.6 Å². The molecule has 1 amide bonds. The first kappa shape index (κ1) is 20.3. The van der Waals surface area contributed by atoms with E-state index in [9.17, 15) is 13.6 Å². The Kier molecular flexibility index (Phi) is 5.98. The Hall–Kier alpha value is -2.47. The lowest BCUT2D eigenvalue weighted by Gasteiger charge is -2.42. The molecular weight excluding hydrogens is 362 g/mol. The lowest BCUT2D eigenvalue weighted by atomic mass is 9.86. The molecule has 28 heavy (non-hydrogen) atoms. The minimum Gasteiger partial charge on any atom is -0.496 e. The van der Waals surface area contributed by atoms with Crippen molar-refractivity contribution in [2.24, 2.45) is 0 Å². The highest BCUT2D eigenvalue weighted by atomic mass is 19.2. The van der Waals surface area contributed by atoms with Crippen molar-refractivity contribution in [2.75, 3.05) is 20.2 Å². The largest absolute Gasteiger partial charge is 0.496 e. The summed E-state index contributed by atoms with van der Waals surface area (Å²) in [6.45, 7) is 5.84. The maximum Gasteiger partial charge on any atom is 0.255 e. The lowest BCUT2D eigenvalue weighted by molar-refractivity contribution is 0.0775. The average molecular weight is 388 g/mol. The van der Waals surface area contributed by atoms with Crippen LogP contribution in [-0.2, 0) is 0 Å². The Morgan fingerprint density at radius 2 is 1.79 bits per heavy atom. The molecule has 1 N–H and O–H groups in total. The highest BCUT2D eigenvalue weighted by molar-refractivity contribution is 5.97. The zero-order valence-electron chi connectivity index (χ0n) is 16.5. The van der Waals surface area contributed by atoms with Crippen molar-refractivity contribution in [2.45, 2.75) is 38.3 Å². The molecule has 0 saturated carbocycles. The van der Waals surface area contributed by atoms with E-state index in [1.165, 1.54) is 19.2 Å². The molecule has 2 aromatic rings. The van der Waals surface area contributed by atoms with E-state index in [0.717, 1.165) is 32.0 Å². The van der Waals surface area contributed by atoms with Gasteiger partial charge in [-0.25, -0.2) is 8.78 Å². The van der Waals surface area contributed by atoms with Crippen LogP contribution in [0.15, 0.2) is 42.5 Å². The van der Waals surface area contributed by atoms with E-state index in [1.807, 2.05) is 13.8 Å². The van der Waals surface area contributed by atoms with Gasteiger partial charge in [-0.2, -0.15) is 0 Å². The number of ether oxygens (including phenoxy) is 1. The molecule has 0 radical (unpaired) electrons. The van der Waals surface area contributed by atoms with E-state index in [4.69, 9.17) is 4.74 Å². The van der Waals surface area contributed by atoms with Gasteiger partial charge in [0, 0.05) is 5.54 Å². The molecule has 0 spiro atoms. The van der Waals surface area contributed by atoms with Crippen LogP contribution in [0, 0.1) is 11.6 Å². The van der Waals surface area contributed by atoms with Crippen molar-refractivity contribution in [3.8, 4) is 5.75 Å². The fourth-order valence-electron chi connectivity index (χ4n) is 3.88. The smallest absolute Gasteiger partial charge is 0.255 e. The second-order valence-corrected chi connectivity index (χ2v) is 7.63. The number of likely N-dealkylation sites (tertiary alicyclic amines) is 1. The Balaban J connectivity index is 1.98. The number of halogens is 2. The van der Waals surface area contributed by atoms with Crippen LogP contribution in [-0.4, -0.2) is 36.5 Å². The average Bonchev–Trinajstić information content (AvgIpc) is 3.24. The Labute approximate surface area is 164 Å². The number of rotatable bonds is 6. The summed E-state index contributed by atoms with van der Waals surface area (Å²) in [5.41, 5.74) is 0.437. The molecule has 0 aromatic heterocycles. The first-order valence-corrected chi connectivity index (χ1v) is 9.48. The fourth-order valence-corrected chi connectivity index (χ4v) is 3.88. The first-order valence-electron chi connectivity index (χ1n) is 9.48. The topological polar surface area (TPSA) is 41.6 Å². The molecule has 1 heterocycles. The number of nitrogens with zero attached hydrogens (tertiary/aromatic N) is 1. The maximum absolute atomic E-state index is 14.0. The number of carbonyl (C=O) groups excluding carboxylic acids is 1. The first-order chi connectivity index (χ1) is 13.3. The van der Waals surface area contributed by atoms with Crippen molar-refractivity contribution in [1.29, 1.82) is 0 Å². The molecule has 1 aliphatic rings. The minimum atomic E-state index is -0.925. The molecule has 1 aliphatic heterocycles. The van der Waals surface area contributed by atoms with Crippen LogP contribution in [0.3, 0.4) is 0 Å². The summed E-state index contributed by atoms with van der Waals surface area (Å²) >= 11 is 0. The van der Waals surface area contributed by atoms with Crippen LogP contribution in [0.25, 0.3) is 0 Å². The van der Waals surface area contributed by atoms with Gasteiger partial charge in [0.1, 0.15) is 5.75 Å². The molecule has 1 unspecified atom stereocenters. The van der Waals surface area contributed by atoms with Crippen molar-refractivity contribution in [3.63, 3.8) is 0 Å². The molecular formula is C22H26F2N2O2. The summed E-state index contributed by atoms with van der Waals surface area (Å²) in [5.74, 6) is -1.69. The van der Waals surface area contributed by atoms with Crippen LogP contribution >= 0.6 is 0 Å². The van der Waals surface area contributed by atoms with Crippen LogP contribution in [0.4, 0.5) is 8.78 Å². The van der Waals surface area contributed by atoms with E-state index < -0.39 is 23.2 Å². The van der Waals surface area contributed by atoms with E-state index in [1.54, 1.807) is 24.3 Å². The summed E-state index contributed by atoms with van der Waals surface area (Å²) in [7, 11) is 1.51. The molecule has 2 aromatic carbocycles. The summed E-state index contributed by atoms with van der Waals surface area (Å²) in [6, 6.07) is 10.2. The van der Waals surface area contributed by atoms with Gasteiger partial charge >= 0.3 is 0 Å². The molecule has 1 atom stereocenters. The number of nitrogens with one attached hydrogen (secondary N) is 1. The number of amides is 1. The number of hydrogen-bond donors (Lipinski definition) is 1. The molecule has 4 nitrogen and oxygen atoms in total. The van der Waals surface area contributed by atoms with Gasteiger partial charge < -0.3 is 10.1 Å². The molecule has 1 fully saturated rings. The summed E-state index contributed by atoms with van der Waals surface area (Å²) in [5, 5.41) is 3.04. The van der Waals surface area contributed by atoms with Crippen molar-refractivity contribution >= 4 is 5.91 Å². The monoisotopic (exact) mass is 388 g/mol. The number of hydrogen-bond acceptors (Lipinski definition) is 3. The molecule has 3 rings (SSSR count). The van der Waals surface area contributed by atoms with Crippen LogP contribution in [0.1, 0.15) is 48.7 Å². The highest BCUT2D eigenvalue weighted by Crippen LogP contribution is 2.35. The van der Waals surface area contributed by atoms with Crippen molar-refractivity contribution in [1.82, 2.24) is 10.2 Å². The Morgan fingerprint density at radius 1 is 1.11 bits per heavy atom.